The average Bonchev–Trinajstić information content (AvgIpc) is 3.41. The van der Waals surface area contributed by atoms with Crippen molar-refractivity contribution in [3.63, 3.8) is 0 Å². The first-order valence-corrected chi connectivity index (χ1v) is 7.99. The number of hydrogen-bond acceptors (Lipinski definition) is 3. The quantitative estimate of drug-likeness (QED) is 0.857. The molecule has 2 aromatic rings. The van der Waals surface area contributed by atoms with Gasteiger partial charge in [-0.2, -0.15) is 0 Å². The van der Waals surface area contributed by atoms with Crippen molar-refractivity contribution in [2.75, 3.05) is 14.2 Å². The van der Waals surface area contributed by atoms with E-state index in [0.717, 1.165) is 24.0 Å². The molecule has 3 rings (SSSR count). The summed E-state index contributed by atoms with van der Waals surface area (Å²) in [5.41, 5.74) is 1.90. The van der Waals surface area contributed by atoms with Crippen LogP contribution in [0, 0.1) is 0 Å². The van der Waals surface area contributed by atoms with Crippen molar-refractivity contribution in [1.82, 2.24) is 10.6 Å². The van der Waals surface area contributed by atoms with Gasteiger partial charge in [0.05, 0.1) is 19.8 Å². The first-order chi connectivity index (χ1) is 11.7. The molecule has 0 saturated heterocycles. The highest BCUT2D eigenvalue weighted by Gasteiger charge is 2.45. The van der Waals surface area contributed by atoms with Gasteiger partial charge in [-0.1, -0.05) is 36.4 Å². The van der Waals surface area contributed by atoms with Gasteiger partial charge in [-0.25, -0.2) is 4.79 Å². The third-order valence-corrected chi connectivity index (χ3v) is 4.33. The summed E-state index contributed by atoms with van der Waals surface area (Å²) in [7, 11) is 3.19. The van der Waals surface area contributed by atoms with Crippen molar-refractivity contribution in [1.29, 1.82) is 0 Å². The van der Waals surface area contributed by atoms with E-state index >= 15 is 0 Å². The Hall–Kier alpha value is -2.69. The molecule has 0 unspecified atom stereocenters. The van der Waals surface area contributed by atoms with E-state index in [4.69, 9.17) is 9.47 Å². The minimum absolute atomic E-state index is 0.161. The van der Waals surface area contributed by atoms with Gasteiger partial charge in [-0.3, -0.25) is 0 Å². The molecule has 126 valence electrons. The van der Waals surface area contributed by atoms with Gasteiger partial charge in [0.2, 0.25) is 0 Å². The van der Waals surface area contributed by atoms with Crippen LogP contribution in [-0.4, -0.2) is 20.3 Å². The van der Waals surface area contributed by atoms with Gasteiger partial charge in [0.15, 0.2) is 11.5 Å². The standard InChI is InChI=1S/C19H22N2O3/c1-23-16-9-8-14(12-17(16)24-2)13-20-18(22)21-19(10-11-19)15-6-4-3-5-7-15/h3-9,12H,10-11,13H2,1-2H3,(H2,20,21,22). The van der Waals surface area contributed by atoms with Gasteiger partial charge in [0.1, 0.15) is 0 Å². The Labute approximate surface area is 142 Å². The second-order valence-electron chi connectivity index (χ2n) is 5.95. The maximum atomic E-state index is 12.2. The van der Waals surface area contributed by atoms with Crippen molar-refractivity contribution in [3.8, 4) is 11.5 Å². The van der Waals surface area contributed by atoms with Crippen molar-refractivity contribution in [2.45, 2.75) is 24.9 Å². The number of amides is 2. The Balaban J connectivity index is 1.58. The molecule has 1 aliphatic rings. The van der Waals surface area contributed by atoms with Crippen LogP contribution in [-0.2, 0) is 12.1 Å². The Kier molecular flexibility index (Phi) is 4.60. The summed E-state index contributed by atoms with van der Waals surface area (Å²) >= 11 is 0. The van der Waals surface area contributed by atoms with Crippen LogP contribution in [0.1, 0.15) is 24.0 Å². The minimum atomic E-state index is -0.205. The van der Waals surface area contributed by atoms with Crippen LogP contribution in [0.5, 0.6) is 11.5 Å². The fourth-order valence-electron chi connectivity index (χ4n) is 2.80. The van der Waals surface area contributed by atoms with Gasteiger partial charge in [-0.15, -0.1) is 0 Å². The number of ether oxygens (including phenoxy) is 2. The lowest BCUT2D eigenvalue weighted by Gasteiger charge is -2.18. The summed E-state index contributed by atoms with van der Waals surface area (Å²) in [5.74, 6) is 1.33. The van der Waals surface area contributed by atoms with Crippen LogP contribution in [0.4, 0.5) is 4.79 Å². The van der Waals surface area contributed by atoms with E-state index in [1.807, 2.05) is 36.4 Å². The lowest BCUT2D eigenvalue weighted by atomic mass is 10.1. The molecule has 0 aliphatic heterocycles. The van der Waals surface area contributed by atoms with Crippen molar-refractivity contribution < 1.29 is 14.3 Å². The summed E-state index contributed by atoms with van der Waals surface area (Å²) < 4.78 is 10.5. The number of hydrogen-bond donors (Lipinski definition) is 2. The fraction of sp³-hybridized carbons (Fsp3) is 0.316. The molecular weight excluding hydrogens is 304 g/mol. The summed E-state index contributed by atoms with van der Waals surface area (Å²) in [5, 5.41) is 6.01. The molecule has 5 nitrogen and oxygen atoms in total. The maximum absolute atomic E-state index is 12.2. The zero-order chi connectivity index (χ0) is 17.0. The second-order valence-corrected chi connectivity index (χ2v) is 5.95. The normalized spacial score (nSPS) is 14.6. The van der Waals surface area contributed by atoms with E-state index in [9.17, 15) is 4.79 Å². The molecule has 2 aromatic carbocycles. The first kappa shape index (κ1) is 16.2. The van der Waals surface area contributed by atoms with Gasteiger partial charge >= 0.3 is 6.03 Å². The Morgan fingerprint density at radius 2 is 1.75 bits per heavy atom. The average molecular weight is 326 g/mol. The lowest BCUT2D eigenvalue weighted by Crippen LogP contribution is -2.41. The van der Waals surface area contributed by atoms with Crippen LogP contribution < -0.4 is 20.1 Å². The molecule has 0 bridgehead atoms. The summed E-state index contributed by atoms with van der Waals surface area (Å²) in [6.45, 7) is 0.428. The van der Waals surface area contributed by atoms with Crippen LogP contribution in [0.2, 0.25) is 0 Å². The molecule has 1 saturated carbocycles. The molecule has 0 heterocycles. The highest BCUT2D eigenvalue weighted by Crippen LogP contribution is 2.45. The SMILES string of the molecule is COc1ccc(CNC(=O)NC2(c3ccccc3)CC2)cc1OC. The molecule has 24 heavy (non-hydrogen) atoms. The zero-order valence-electron chi connectivity index (χ0n) is 14.0. The van der Waals surface area contributed by atoms with Gasteiger partial charge in [0.25, 0.3) is 0 Å². The number of nitrogens with one attached hydrogen (secondary N) is 2. The molecule has 1 fully saturated rings. The van der Waals surface area contributed by atoms with Crippen molar-refractivity contribution in [2.24, 2.45) is 0 Å². The van der Waals surface area contributed by atoms with Crippen molar-refractivity contribution >= 4 is 6.03 Å². The van der Waals surface area contributed by atoms with E-state index in [1.54, 1.807) is 14.2 Å². The fourth-order valence-corrected chi connectivity index (χ4v) is 2.80. The van der Waals surface area contributed by atoms with Crippen LogP contribution in [0.3, 0.4) is 0 Å². The summed E-state index contributed by atoms with van der Waals surface area (Å²) in [6.07, 6.45) is 1.95. The van der Waals surface area contributed by atoms with E-state index in [1.165, 1.54) is 0 Å². The minimum Gasteiger partial charge on any atom is -0.493 e. The van der Waals surface area contributed by atoms with Crippen LogP contribution >= 0.6 is 0 Å². The number of urea groups is 1. The lowest BCUT2D eigenvalue weighted by molar-refractivity contribution is 0.235. The van der Waals surface area contributed by atoms with Crippen LogP contribution in [0.15, 0.2) is 48.5 Å². The third kappa shape index (κ3) is 3.45. The number of benzene rings is 2. The van der Waals surface area contributed by atoms with E-state index < -0.39 is 0 Å². The summed E-state index contributed by atoms with van der Waals surface area (Å²) in [4.78, 5) is 12.2. The number of rotatable bonds is 6. The van der Waals surface area contributed by atoms with E-state index in [2.05, 4.69) is 22.8 Å². The van der Waals surface area contributed by atoms with Gasteiger partial charge in [0, 0.05) is 6.54 Å². The number of carbonyl (C=O) groups excluding carboxylic acids is 1. The topological polar surface area (TPSA) is 59.6 Å². The molecule has 5 heteroatoms. The predicted molar refractivity (Wildman–Crippen MR) is 92.3 cm³/mol. The molecule has 2 N–H and O–H groups in total. The molecular formula is C19H22N2O3. The molecule has 0 aromatic heterocycles. The summed E-state index contributed by atoms with van der Waals surface area (Å²) in [6, 6.07) is 15.5. The second kappa shape index (κ2) is 6.83. The molecule has 0 atom stereocenters. The Morgan fingerprint density at radius 1 is 1.04 bits per heavy atom. The van der Waals surface area contributed by atoms with Gasteiger partial charge in [-0.05, 0) is 36.1 Å². The van der Waals surface area contributed by atoms with E-state index in [0.29, 0.717) is 18.0 Å². The monoisotopic (exact) mass is 326 g/mol. The zero-order valence-corrected chi connectivity index (χ0v) is 14.0. The Bertz CT molecular complexity index is 712. The maximum Gasteiger partial charge on any atom is 0.315 e. The number of carbonyl (C=O) groups is 1. The smallest absolute Gasteiger partial charge is 0.315 e. The van der Waals surface area contributed by atoms with Gasteiger partial charge < -0.3 is 20.1 Å². The first-order valence-electron chi connectivity index (χ1n) is 7.99. The highest BCUT2D eigenvalue weighted by molar-refractivity contribution is 5.75. The molecule has 1 aliphatic carbocycles. The largest absolute Gasteiger partial charge is 0.493 e. The molecule has 0 radical (unpaired) electrons. The third-order valence-electron chi connectivity index (χ3n) is 4.33. The predicted octanol–water partition coefficient (Wildman–Crippen LogP) is 3.19. The van der Waals surface area contributed by atoms with E-state index in [-0.39, 0.29) is 11.6 Å². The van der Waals surface area contributed by atoms with Crippen molar-refractivity contribution in [3.05, 3.63) is 59.7 Å². The molecule has 0 spiro atoms. The highest BCUT2D eigenvalue weighted by atomic mass is 16.5. The van der Waals surface area contributed by atoms with Crippen LogP contribution in [0.25, 0.3) is 0 Å². The Morgan fingerprint density at radius 3 is 2.38 bits per heavy atom. The number of methoxy groups -OCH3 is 2. The molecule has 2 amide bonds.